The molecule has 2 aromatic rings. The molecular weight excluding hydrogens is 300 g/mol. The number of urea groups is 1. The fraction of sp³-hybridized carbons (Fsp3) is 0.429. The Hall–Kier alpha value is -2.40. The Morgan fingerprint density at radius 2 is 2.27 bits per heavy atom. The second-order valence-electron chi connectivity index (χ2n) is 5.18. The quantitative estimate of drug-likeness (QED) is 0.886. The molecule has 0 aliphatic heterocycles. The van der Waals surface area contributed by atoms with E-state index in [4.69, 9.17) is 5.26 Å². The van der Waals surface area contributed by atoms with E-state index in [9.17, 15) is 4.79 Å². The third-order valence-corrected chi connectivity index (χ3v) is 4.06. The van der Waals surface area contributed by atoms with Crippen molar-refractivity contribution >= 4 is 23.2 Å². The third-order valence-electron chi connectivity index (χ3n) is 3.06. The number of nitriles is 1. The third kappa shape index (κ3) is 3.83. The van der Waals surface area contributed by atoms with Gasteiger partial charge in [-0.1, -0.05) is 6.92 Å². The molecule has 0 aromatic carbocycles. The van der Waals surface area contributed by atoms with Crippen LogP contribution < -0.4 is 10.6 Å². The molecule has 2 rings (SSSR count). The fourth-order valence-electron chi connectivity index (χ4n) is 1.79. The average Bonchev–Trinajstić information content (AvgIpc) is 3.14. The SMILES string of the molecule is CC(C)n1cc(C#N)c(NC(=O)NC[C@H](C)c2nccs2)n1. The van der Waals surface area contributed by atoms with Crippen molar-refractivity contribution in [2.45, 2.75) is 32.7 Å². The van der Waals surface area contributed by atoms with Crippen LogP contribution in [0.15, 0.2) is 17.8 Å². The molecule has 0 fully saturated rings. The molecule has 0 saturated carbocycles. The van der Waals surface area contributed by atoms with E-state index in [0.29, 0.717) is 12.1 Å². The number of aromatic nitrogens is 3. The number of carbonyl (C=O) groups is 1. The first-order chi connectivity index (χ1) is 10.5. The van der Waals surface area contributed by atoms with Crippen LogP contribution in [0.1, 0.15) is 43.3 Å². The summed E-state index contributed by atoms with van der Waals surface area (Å²) in [7, 11) is 0. The first-order valence-electron chi connectivity index (χ1n) is 6.94. The van der Waals surface area contributed by atoms with Gasteiger partial charge >= 0.3 is 6.03 Å². The number of rotatable bonds is 5. The Kier molecular flexibility index (Phi) is 5.12. The van der Waals surface area contributed by atoms with E-state index < -0.39 is 0 Å². The Balaban J connectivity index is 1.93. The minimum atomic E-state index is -0.381. The molecule has 0 unspecified atom stereocenters. The zero-order valence-electron chi connectivity index (χ0n) is 12.7. The summed E-state index contributed by atoms with van der Waals surface area (Å²) in [6.45, 7) is 6.36. The van der Waals surface area contributed by atoms with E-state index in [1.54, 1.807) is 28.4 Å². The van der Waals surface area contributed by atoms with E-state index in [1.807, 2.05) is 32.2 Å². The summed E-state index contributed by atoms with van der Waals surface area (Å²) < 4.78 is 1.65. The lowest BCUT2D eigenvalue weighted by atomic mass is 10.2. The van der Waals surface area contributed by atoms with Crippen molar-refractivity contribution in [1.29, 1.82) is 5.26 Å². The van der Waals surface area contributed by atoms with Crippen molar-refractivity contribution in [3.8, 4) is 6.07 Å². The van der Waals surface area contributed by atoms with E-state index in [-0.39, 0.29) is 23.8 Å². The van der Waals surface area contributed by atoms with Crippen LogP contribution in [0.2, 0.25) is 0 Å². The minimum absolute atomic E-state index is 0.121. The molecule has 0 bridgehead atoms. The lowest BCUT2D eigenvalue weighted by Crippen LogP contribution is -2.32. The highest BCUT2D eigenvalue weighted by molar-refractivity contribution is 7.09. The molecule has 1 atom stereocenters. The monoisotopic (exact) mass is 318 g/mol. The van der Waals surface area contributed by atoms with Gasteiger partial charge in [0, 0.05) is 36.3 Å². The van der Waals surface area contributed by atoms with Crippen LogP contribution in [0.4, 0.5) is 10.6 Å². The molecule has 2 heterocycles. The van der Waals surface area contributed by atoms with Crippen LogP contribution in [0.3, 0.4) is 0 Å². The van der Waals surface area contributed by atoms with Gasteiger partial charge < -0.3 is 5.32 Å². The van der Waals surface area contributed by atoms with Crippen molar-refractivity contribution in [3.05, 3.63) is 28.3 Å². The summed E-state index contributed by atoms with van der Waals surface area (Å²) >= 11 is 1.56. The number of anilines is 1. The number of hydrogen-bond donors (Lipinski definition) is 2. The summed E-state index contributed by atoms with van der Waals surface area (Å²) in [5, 5.41) is 21.6. The molecule has 2 amide bonds. The van der Waals surface area contributed by atoms with E-state index >= 15 is 0 Å². The fourth-order valence-corrected chi connectivity index (χ4v) is 2.49. The number of hydrogen-bond acceptors (Lipinski definition) is 5. The molecule has 7 nitrogen and oxygen atoms in total. The van der Waals surface area contributed by atoms with Crippen molar-refractivity contribution in [2.75, 3.05) is 11.9 Å². The molecule has 2 N–H and O–H groups in total. The zero-order chi connectivity index (χ0) is 16.1. The van der Waals surface area contributed by atoms with Crippen LogP contribution in [0.25, 0.3) is 0 Å². The van der Waals surface area contributed by atoms with Crippen LogP contribution >= 0.6 is 11.3 Å². The van der Waals surface area contributed by atoms with Gasteiger partial charge in [0.15, 0.2) is 5.82 Å². The van der Waals surface area contributed by atoms with E-state index in [2.05, 4.69) is 20.7 Å². The summed E-state index contributed by atoms with van der Waals surface area (Å²) in [5.41, 5.74) is 0.344. The highest BCUT2D eigenvalue weighted by atomic mass is 32.1. The predicted molar refractivity (Wildman–Crippen MR) is 84.9 cm³/mol. The molecule has 0 radical (unpaired) electrons. The van der Waals surface area contributed by atoms with Gasteiger partial charge in [0.05, 0.1) is 5.01 Å². The molecule has 116 valence electrons. The maximum Gasteiger partial charge on any atom is 0.320 e. The standard InChI is InChI=1S/C14H18N6OS/c1-9(2)20-8-11(6-15)12(19-20)18-14(21)17-7-10(3)13-16-4-5-22-13/h4-5,8-10H,7H2,1-3H3,(H2,17,18,19,21)/t10-/m0/s1. The van der Waals surface area contributed by atoms with Gasteiger partial charge in [-0.05, 0) is 13.8 Å². The lowest BCUT2D eigenvalue weighted by Gasteiger charge is -2.10. The first-order valence-corrected chi connectivity index (χ1v) is 7.82. The molecule has 0 aliphatic rings. The van der Waals surface area contributed by atoms with Gasteiger partial charge in [0.25, 0.3) is 0 Å². The van der Waals surface area contributed by atoms with Crippen molar-refractivity contribution in [3.63, 3.8) is 0 Å². The summed E-state index contributed by atoms with van der Waals surface area (Å²) in [5.74, 6) is 0.407. The van der Waals surface area contributed by atoms with Crippen molar-refractivity contribution < 1.29 is 4.79 Å². The second kappa shape index (κ2) is 7.04. The summed E-state index contributed by atoms with van der Waals surface area (Å²) in [6.07, 6.45) is 3.37. The Bertz CT molecular complexity index is 670. The molecule has 22 heavy (non-hydrogen) atoms. The first kappa shape index (κ1) is 16.0. The second-order valence-corrected chi connectivity index (χ2v) is 6.11. The topological polar surface area (TPSA) is 95.6 Å². The van der Waals surface area contributed by atoms with Gasteiger partial charge in [0.1, 0.15) is 11.6 Å². The van der Waals surface area contributed by atoms with E-state index in [1.165, 1.54) is 0 Å². The number of thiazole rings is 1. The van der Waals surface area contributed by atoms with Crippen molar-refractivity contribution in [2.24, 2.45) is 0 Å². The molecule has 2 aromatic heterocycles. The zero-order valence-corrected chi connectivity index (χ0v) is 13.5. The highest BCUT2D eigenvalue weighted by Crippen LogP contribution is 2.17. The van der Waals surface area contributed by atoms with E-state index in [0.717, 1.165) is 5.01 Å². The van der Waals surface area contributed by atoms with Gasteiger partial charge in [-0.2, -0.15) is 10.4 Å². The van der Waals surface area contributed by atoms with Crippen LogP contribution in [-0.4, -0.2) is 27.3 Å². The van der Waals surface area contributed by atoms with Crippen LogP contribution in [0.5, 0.6) is 0 Å². The largest absolute Gasteiger partial charge is 0.337 e. The molecule has 0 aliphatic carbocycles. The Labute approximate surface area is 133 Å². The maximum atomic E-state index is 11.9. The smallest absolute Gasteiger partial charge is 0.320 e. The lowest BCUT2D eigenvalue weighted by molar-refractivity contribution is 0.251. The maximum absolute atomic E-state index is 11.9. The average molecular weight is 318 g/mol. The number of carbonyl (C=O) groups excluding carboxylic acids is 1. The minimum Gasteiger partial charge on any atom is -0.337 e. The summed E-state index contributed by atoms with van der Waals surface area (Å²) in [4.78, 5) is 16.2. The van der Waals surface area contributed by atoms with Gasteiger partial charge in [0.2, 0.25) is 0 Å². The molecular formula is C14H18N6OS. The highest BCUT2D eigenvalue weighted by Gasteiger charge is 2.14. The Morgan fingerprint density at radius 1 is 1.50 bits per heavy atom. The van der Waals surface area contributed by atoms with Gasteiger partial charge in [-0.25, -0.2) is 9.78 Å². The summed E-state index contributed by atoms with van der Waals surface area (Å²) in [6, 6.07) is 1.77. The molecule has 8 heteroatoms. The van der Waals surface area contributed by atoms with Crippen molar-refractivity contribution in [1.82, 2.24) is 20.1 Å². The van der Waals surface area contributed by atoms with Gasteiger partial charge in [-0.3, -0.25) is 10.00 Å². The molecule has 0 spiro atoms. The number of nitrogens with zero attached hydrogens (tertiary/aromatic N) is 4. The van der Waals surface area contributed by atoms with Crippen LogP contribution in [0, 0.1) is 11.3 Å². The number of nitrogens with one attached hydrogen (secondary N) is 2. The van der Waals surface area contributed by atoms with Crippen LogP contribution in [-0.2, 0) is 0 Å². The molecule has 0 saturated heterocycles. The normalized spacial score (nSPS) is 12.0. The predicted octanol–water partition coefficient (Wildman–Crippen LogP) is 2.72. The Morgan fingerprint density at radius 3 is 2.86 bits per heavy atom. The number of amides is 2. The van der Waals surface area contributed by atoms with Gasteiger partial charge in [-0.15, -0.1) is 11.3 Å².